The average molecular weight is 317 g/mol. The maximum Gasteiger partial charge on any atom is 0.229 e. The van der Waals surface area contributed by atoms with E-state index in [9.17, 15) is 4.79 Å². The number of thiazole rings is 1. The fourth-order valence-corrected chi connectivity index (χ4v) is 4.85. The van der Waals surface area contributed by atoms with Gasteiger partial charge in [0.05, 0.1) is 6.07 Å². The van der Waals surface area contributed by atoms with Gasteiger partial charge in [0.25, 0.3) is 0 Å². The molecule has 2 atom stereocenters. The Kier molecular flexibility index (Phi) is 5.09. The molecule has 0 aromatic carbocycles. The van der Waals surface area contributed by atoms with Crippen LogP contribution in [0.15, 0.2) is 6.20 Å². The Hall–Kier alpha value is -1.41. The molecule has 118 valence electrons. The van der Waals surface area contributed by atoms with E-state index in [1.54, 1.807) is 11.3 Å². The zero-order chi connectivity index (χ0) is 15.4. The van der Waals surface area contributed by atoms with E-state index in [2.05, 4.69) is 16.4 Å². The van der Waals surface area contributed by atoms with Gasteiger partial charge in [0, 0.05) is 23.4 Å². The standard InChI is InChI=1S/C17H23N3OS/c18-10-9-12-7-4-8-14(12)16(21)20-17-19-11-15(22-17)13-5-2-1-3-6-13/h11-14H,1-9H2,(H,19,20,21)/t12-,14-/m1/s1. The third-order valence-electron chi connectivity index (χ3n) is 5.11. The highest BCUT2D eigenvalue weighted by Crippen LogP contribution is 2.38. The Morgan fingerprint density at radius 3 is 2.86 bits per heavy atom. The summed E-state index contributed by atoms with van der Waals surface area (Å²) in [4.78, 5) is 18.1. The zero-order valence-corrected chi connectivity index (χ0v) is 13.7. The van der Waals surface area contributed by atoms with E-state index >= 15 is 0 Å². The molecule has 1 heterocycles. The average Bonchev–Trinajstić information content (AvgIpc) is 3.18. The molecule has 1 N–H and O–H groups in total. The fraction of sp³-hybridized carbons (Fsp3) is 0.706. The van der Waals surface area contributed by atoms with Crippen LogP contribution < -0.4 is 5.32 Å². The van der Waals surface area contributed by atoms with E-state index in [0.29, 0.717) is 12.3 Å². The molecule has 2 aliphatic carbocycles. The quantitative estimate of drug-likeness (QED) is 0.891. The van der Waals surface area contributed by atoms with Crippen molar-refractivity contribution in [3.63, 3.8) is 0 Å². The van der Waals surface area contributed by atoms with Gasteiger partial charge in [-0.2, -0.15) is 5.26 Å². The van der Waals surface area contributed by atoms with Crippen molar-refractivity contribution >= 4 is 22.4 Å². The number of amides is 1. The summed E-state index contributed by atoms with van der Waals surface area (Å²) in [7, 11) is 0. The third-order valence-corrected chi connectivity index (χ3v) is 6.19. The summed E-state index contributed by atoms with van der Waals surface area (Å²) in [5.41, 5.74) is 0. The van der Waals surface area contributed by atoms with E-state index in [1.165, 1.54) is 37.0 Å². The predicted molar refractivity (Wildman–Crippen MR) is 87.6 cm³/mol. The second-order valence-corrected chi connectivity index (χ2v) is 7.61. The molecule has 0 bridgehead atoms. The number of rotatable bonds is 4. The van der Waals surface area contributed by atoms with Crippen molar-refractivity contribution in [2.75, 3.05) is 5.32 Å². The third kappa shape index (κ3) is 3.49. The maximum atomic E-state index is 12.4. The molecule has 2 aliphatic rings. The van der Waals surface area contributed by atoms with Gasteiger partial charge in [-0.15, -0.1) is 11.3 Å². The second-order valence-electron chi connectivity index (χ2n) is 6.55. The van der Waals surface area contributed by atoms with Gasteiger partial charge in [-0.1, -0.05) is 25.7 Å². The van der Waals surface area contributed by atoms with Crippen molar-refractivity contribution in [2.24, 2.45) is 11.8 Å². The molecule has 1 aromatic heterocycles. The van der Waals surface area contributed by atoms with Crippen molar-refractivity contribution in [2.45, 2.75) is 63.7 Å². The highest BCUT2D eigenvalue weighted by Gasteiger charge is 2.33. The van der Waals surface area contributed by atoms with Crippen LogP contribution in [0.3, 0.4) is 0 Å². The lowest BCUT2D eigenvalue weighted by Gasteiger charge is -2.19. The van der Waals surface area contributed by atoms with Gasteiger partial charge in [-0.3, -0.25) is 4.79 Å². The topological polar surface area (TPSA) is 65.8 Å². The van der Waals surface area contributed by atoms with Crippen LogP contribution in [-0.2, 0) is 4.79 Å². The molecule has 5 heteroatoms. The number of hydrogen-bond donors (Lipinski definition) is 1. The van der Waals surface area contributed by atoms with E-state index < -0.39 is 0 Å². The fourth-order valence-electron chi connectivity index (χ4n) is 3.86. The molecule has 0 radical (unpaired) electrons. The molecular weight excluding hydrogens is 294 g/mol. The maximum absolute atomic E-state index is 12.4. The molecule has 2 fully saturated rings. The number of aromatic nitrogens is 1. The zero-order valence-electron chi connectivity index (χ0n) is 12.9. The minimum atomic E-state index is -0.0123. The summed E-state index contributed by atoms with van der Waals surface area (Å²) in [5, 5.41) is 12.6. The Morgan fingerprint density at radius 2 is 2.09 bits per heavy atom. The van der Waals surface area contributed by atoms with Crippen LogP contribution in [0, 0.1) is 23.2 Å². The monoisotopic (exact) mass is 317 g/mol. The molecule has 2 saturated carbocycles. The number of hydrogen-bond acceptors (Lipinski definition) is 4. The number of carbonyl (C=O) groups is 1. The summed E-state index contributed by atoms with van der Waals surface area (Å²) in [6.45, 7) is 0. The summed E-state index contributed by atoms with van der Waals surface area (Å²) in [6.07, 6.45) is 11.8. The lowest BCUT2D eigenvalue weighted by molar-refractivity contribution is -0.120. The molecule has 0 aliphatic heterocycles. The van der Waals surface area contributed by atoms with Crippen LogP contribution in [0.1, 0.15) is 68.6 Å². The van der Waals surface area contributed by atoms with Crippen LogP contribution in [0.2, 0.25) is 0 Å². The SMILES string of the molecule is N#CC[C@H]1CCC[C@H]1C(=O)Nc1ncc(C2CCCCC2)s1. The molecule has 0 unspecified atom stereocenters. The first kappa shape index (κ1) is 15.5. The van der Waals surface area contributed by atoms with Gasteiger partial charge in [0.15, 0.2) is 5.13 Å². The summed E-state index contributed by atoms with van der Waals surface area (Å²) in [5.74, 6) is 0.904. The van der Waals surface area contributed by atoms with Crippen molar-refractivity contribution < 1.29 is 4.79 Å². The van der Waals surface area contributed by atoms with Gasteiger partial charge in [0.2, 0.25) is 5.91 Å². The molecule has 22 heavy (non-hydrogen) atoms. The molecule has 0 spiro atoms. The first-order chi connectivity index (χ1) is 10.8. The summed E-state index contributed by atoms with van der Waals surface area (Å²) >= 11 is 1.63. The molecular formula is C17H23N3OS. The largest absolute Gasteiger partial charge is 0.302 e. The van der Waals surface area contributed by atoms with Crippen molar-refractivity contribution in [3.8, 4) is 6.07 Å². The van der Waals surface area contributed by atoms with E-state index in [4.69, 9.17) is 5.26 Å². The van der Waals surface area contributed by atoms with Crippen molar-refractivity contribution in [3.05, 3.63) is 11.1 Å². The molecule has 1 amide bonds. The highest BCUT2D eigenvalue weighted by atomic mass is 32.1. The van der Waals surface area contributed by atoms with Crippen LogP contribution in [0.5, 0.6) is 0 Å². The summed E-state index contributed by atoms with van der Waals surface area (Å²) in [6, 6.07) is 2.21. The smallest absolute Gasteiger partial charge is 0.229 e. The van der Waals surface area contributed by atoms with Crippen LogP contribution >= 0.6 is 11.3 Å². The normalized spacial score (nSPS) is 25.8. The van der Waals surface area contributed by atoms with E-state index in [-0.39, 0.29) is 17.7 Å². The number of nitriles is 1. The van der Waals surface area contributed by atoms with E-state index in [1.807, 2.05) is 6.20 Å². The van der Waals surface area contributed by atoms with Gasteiger partial charge < -0.3 is 5.32 Å². The van der Waals surface area contributed by atoms with E-state index in [0.717, 1.165) is 24.4 Å². The minimum absolute atomic E-state index is 0.0123. The Balaban J connectivity index is 1.60. The Morgan fingerprint density at radius 1 is 1.27 bits per heavy atom. The second kappa shape index (κ2) is 7.23. The van der Waals surface area contributed by atoms with Crippen molar-refractivity contribution in [1.82, 2.24) is 4.98 Å². The minimum Gasteiger partial charge on any atom is -0.302 e. The molecule has 3 rings (SSSR count). The number of nitrogens with zero attached hydrogens (tertiary/aromatic N) is 2. The Bertz CT molecular complexity index is 556. The predicted octanol–water partition coefficient (Wildman–Crippen LogP) is 4.46. The van der Waals surface area contributed by atoms with Gasteiger partial charge in [0.1, 0.15) is 0 Å². The Labute approximate surface area is 135 Å². The number of carbonyl (C=O) groups excluding carboxylic acids is 1. The lowest BCUT2D eigenvalue weighted by Crippen LogP contribution is -2.25. The molecule has 1 aromatic rings. The lowest BCUT2D eigenvalue weighted by atomic mass is 9.89. The number of anilines is 1. The highest BCUT2D eigenvalue weighted by molar-refractivity contribution is 7.15. The van der Waals surface area contributed by atoms with Crippen molar-refractivity contribution in [1.29, 1.82) is 5.26 Å². The first-order valence-electron chi connectivity index (χ1n) is 8.41. The van der Waals surface area contributed by atoms with Crippen LogP contribution in [-0.4, -0.2) is 10.9 Å². The molecule has 4 nitrogen and oxygen atoms in total. The van der Waals surface area contributed by atoms with Gasteiger partial charge in [-0.25, -0.2) is 4.98 Å². The van der Waals surface area contributed by atoms with Gasteiger partial charge >= 0.3 is 0 Å². The van der Waals surface area contributed by atoms with Gasteiger partial charge in [-0.05, 0) is 37.5 Å². The first-order valence-corrected chi connectivity index (χ1v) is 9.23. The summed E-state index contributed by atoms with van der Waals surface area (Å²) < 4.78 is 0. The van der Waals surface area contributed by atoms with Crippen LogP contribution in [0.4, 0.5) is 5.13 Å². The number of nitrogens with one attached hydrogen (secondary N) is 1. The van der Waals surface area contributed by atoms with Crippen LogP contribution in [0.25, 0.3) is 0 Å². The molecule has 0 saturated heterocycles.